The highest BCUT2D eigenvalue weighted by atomic mass is 15.1. The highest BCUT2D eigenvalue weighted by molar-refractivity contribution is 5.32. The molecule has 1 aromatic rings. The Kier molecular flexibility index (Phi) is 2.29. The minimum absolute atomic E-state index is 0.595. The quantitative estimate of drug-likeness (QED) is 0.765. The molecule has 2 heterocycles. The van der Waals surface area contributed by atoms with Crippen molar-refractivity contribution in [1.29, 1.82) is 0 Å². The molecule has 2 N–H and O–H groups in total. The maximum Gasteiger partial charge on any atom is 0.223 e. The summed E-state index contributed by atoms with van der Waals surface area (Å²) in [6, 6.07) is 0.595. The van der Waals surface area contributed by atoms with Crippen LogP contribution in [0.15, 0.2) is 6.20 Å². The largest absolute Gasteiger partial charge is 0.351 e. The minimum Gasteiger partial charge on any atom is -0.351 e. The van der Waals surface area contributed by atoms with Crippen LogP contribution in [-0.2, 0) is 13.1 Å². The zero-order valence-corrected chi connectivity index (χ0v) is 8.79. The lowest BCUT2D eigenvalue weighted by Crippen LogP contribution is -2.17. The van der Waals surface area contributed by atoms with Crippen molar-refractivity contribution >= 4 is 5.95 Å². The van der Waals surface area contributed by atoms with Crippen LogP contribution >= 0.6 is 0 Å². The van der Waals surface area contributed by atoms with Crippen molar-refractivity contribution in [2.75, 3.05) is 5.32 Å². The molecule has 0 radical (unpaired) electrons. The van der Waals surface area contributed by atoms with Gasteiger partial charge in [-0.3, -0.25) is 0 Å². The number of nitrogens with one attached hydrogen (secondary N) is 2. The summed E-state index contributed by atoms with van der Waals surface area (Å²) in [4.78, 5) is 8.88. The van der Waals surface area contributed by atoms with Gasteiger partial charge in [0.25, 0.3) is 0 Å². The molecule has 1 aliphatic carbocycles. The summed E-state index contributed by atoms with van der Waals surface area (Å²) in [5.74, 6) is 0.810. The Bertz CT molecular complexity index is 358. The topological polar surface area (TPSA) is 49.8 Å². The second kappa shape index (κ2) is 3.77. The van der Waals surface area contributed by atoms with Gasteiger partial charge in [0.2, 0.25) is 5.95 Å². The fraction of sp³-hybridized carbons (Fsp3) is 0.636. The van der Waals surface area contributed by atoms with Gasteiger partial charge in [-0.25, -0.2) is 9.97 Å². The fourth-order valence-electron chi connectivity index (χ4n) is 2.38. The highest BCUT2D eigenvalue weighted by Crippen LogP contribution is 2.21. The summed E-state index contributed by atoms with van der Waals surface area (Å²) in [5, 5.41) is 6.70. The predicted octanol–water partition coefficient (Wildman–Crippen LogP) is 1.43. The number of rotatable bonds is 2. The van der Waals surface area contributed by atoms with E-state index in [2.05, 4.69) is 20.6 Å². The van der Waals surface area contributed by atoms with Gasteiger partial charge in [-0.1, -0.05) is 12.8 Å². The van der Waals surface area contributed by atoms with Crippen LogP contribution in [-0.4, -0.2) is 16.0 Å². The van der Waals surface area contributed by atoms with Crippen LogP contribution in [0, 0.1) is 0 Å². The Morgan fingerprint density at radius 2 is 2.13 bits per heavy atom. The van der Waals surface area contributed by atoms with E-state index >= 15 is 0 Å². The Balaban J connectivity index is 1.75. The first-order valence-electron chi connectivity index (χ1n) is 5.74. The lowest BCUT2D eigenvalue weighted by Gasteiger charge is -2.11. The molecular formula is C11H16N4. The first-order valence-corrected chi connectivity index (χ1v) is 5.74. The van der Waals surface area contributed by atoms with Crippen LogP contribution in [0.2, 0.25) is 0 Å². The SMILES string of the molecule is c1nc(NC2CCCC2)nc2c1CNC2. The third-order valence-corrected chi connectivity index (χ3v) is 3.25. The molecular weight excluding hydrogens is 188 g/mol. The summed E-state index contributed by atoms with van der Waals surface area (Å²) < 4.78 is 0. The second-order valence-electron chi connectivity index (χ2n) is 4.39. The number of hydrogen-bond donors (Lipinski definition) is 2. The van der Waals surface area contributed by atoms with Crippen molar-refractivity contribution in [1.82, 2.24) is 15.3 Å². The number of fused-ring (bicyclic) bond motifs is 1. The molecule has 0 aromatic carbocycles. The summed E-state index contributed by atoms with van der Waals surface area (Å²) in [5.41, 5.74) is 2.40. The predicted molar refractivity (Wildman–Crippen MR) is 58.5 cm³/mol. The average molecular weight is 204 g/mol. The molecule has 1 saturated carbocycles. The van der Waals surface area contributed by atoms with E-state index < -0.39 is 0 Å². The van der Waals surface area contributed by atoms with E-state index in [0.29, 0.717) is 6.04 Å². The van der Waals surface area contributed by atoms with Crippen LogP contribution in [0.25, 0.3) is 0 Å². The average Bonchev–Trinajstić information content (AvgIpc) is 2.87. The molecule has 0 bridgehead atoms. The van der Waals surface area contributed by atoms with Gasteiger partial charge >= 0.3 is 0 Å². The van der Waals surface area contributed by atoms with Crippen molar-refractivity contribution < 1.29 is 0 Å². The third kappa shape index (κ3) is 1.81. The first kappa shape index (κ1) is 9.09. The third-order valence-electron chi connectivity index (χ3n) is 3.25. The van der Waals surface area contributed by atoms with Crippen LogP contribution in [0.1, 0.15) is 36.9 Å². The van der Waals surface area contributed by atoms with Gasteiger partial charge in [0.1, 0.15) is 0 Å². The van der Waals surface area contributed by atoms with E-state index in [-0.39, 0.29) is 0 Å². The molecule has 2 aliphatic rings. The molecule has 1 aliphatic heterocycles. The maximum absolute atomic E-state index is 4.53. The highest BCUT2D eigenvalue weighted by Gasteiger charge is 2.17. The molecule has 4 nitrogen and oxygen atoms in total. The molecule has 0 amide bonds. The van der Waals surface area contributed by atoms with Crippen molar-refractivity contribution in [3.63, 3.8) is 0 Å². The molecule has 1 aromatic heterocycles. The Hall–Kier alpha value is -1.16. The number of anilines is 1. The summed E-state index contributed by atoms with van der Waals surface area (Å²) in [6.45, 7) is 1.80. The summed E-state index contributed by atoms with van der Waals surface area (Å²) >= 11 is 0. The van der Waals surface area contributed by atoms with Crippen molar-refractivity contribution in [3.8, 4) is 0 Å². The van der Waals surface area contributed by atoms with Crippen molar-refractivity contribution in [2.24, 2.45) is 0 Å². The lowest BCUT2D eigenvalue weighted by molar-refractivity contribution is 0.739. The van der Waals surface area contributed by atoms with Crippen LogP contribution in [0.5, 0.6) is 0 Å². The molecule has 4 heteroatoms. The van der Waals surface area contributed by atoms with E-state index in [4.69, 9.17) is 0 Å². The Morgan fingerprint density at radius 3 is 3.00 bits per heavy atom. The molecule has 0 spiro atoms. The fourth-order valence-corrected chi connectivity index (χ4v) is 2.38. The van der Waals surface area contributed by atoms with Gasteiger partial charge in [0, 0.05) is 30.9 Å². The van der Waals surface area contributed by atoms with E-state index in [1.165, 1.54) is 31.2 Å². The van der Waals surface area contributed by atoms with Crippen LogP contribution in [0.4, 0.5) is 5.95 Å². The van der Waals surface area contributed by atoms with Gasteiger partial charge in [-0.2, -0.15) is 0 Å². The van der Waals surface area contributed by atoms with Gasteiger partial charge in [-0.05, 0) is 12.8 Å². The van der Waals surface area contributed by atoms with Gasteiger partial charge in [-0.15, -0.1) is 0 Å². The van der Waals surface area contributed by atoms with Gasteiger partial charge < -0.3 is 10.6 Å². The van der Waals surface area contributed by atoms with Crippen molar-refractivity contribution in [3.05, 3.63) is 17.5 Å². The Morgan fingerprint density at radius 1 is 1.27 bits per heavy atom. The molecule has 1 fully saturated rings. The van der Waals surface area contributed by atoms with Crippen LogP contribution < -0.4 is 10.6 Å². The molecule has 15 heavy (non-hydrogen) atoms. The zero-order chi connectivity index (χ0) is 10.1. The number of hydrogen-bond acceptors (Lipinski definition) is 4. The first-order chi connectivity index (χ1) is 7.42. The molecule has 80 valence electrons. The maximum atomic E-state index is 4.53. The van der Waals surface area contributed by atoms with E-state index in [9.17, 15) is 0 Å². The monoisotopic (exact) mass is 204 g/mol. The molecule has 0 unspecified atom stereocenters. The van der Waals surface area contributed by atoms with Crippen molar-refractivity contribution in [2.45, 2.75) is 44.8 Å². The van der Waals surface area contributed by atoms with E-state index in [0.717, 1.165) is 24.7 Å². The van der Waals surface area contributed by atoms with Gasteiger partial charge in [0.05, 0.1) is 5.69 Å². The normalized spacial score (nSPS) is 20.5. The summed E-state index contributed by atoms with van der Waals surface area (Å²) in [6.07, 6.45) is 7.14. The van der Waals surface area contributed by atoms with E-state index in [1.807, 2.05) is 6.20 Å². The van der Waals surface area contributed by atoms with Crippen LogP contribution in [0.3, 0.4) is 0 Å². The standard InChI is InChI=1S/C11H16N4/c1-2-4-9(3-1)14-11-13-6-8-5-12-7-10(8)15-11/h6,9,12H,1-5,7H2,(H,13,14,15). The summed E-state index contributed by atoms with van der Waals surface area (Å²) in [7, 11) is 0. The minimum atomic E-state index is 0.595. The molecule has 0 saturated heterocycles. The van der Waals surface area contributed by atoms with Gasteiger partial charge in [0.15, 0.2) is 0 Å². The molecule has 0 atom stereocenters. The Labute approximate surface area is 89.5 Å². The lowest BCUT2D eigenvalue weighted by atomic mass is 10.2. The zero-order valence-electron chi connectivity index (χ0n) is 8.79. The second-order valence-corrected chi connectivity index (χ2v) is 4.39. The molecule has 3 rings (SSSR count). The smallest absolute Gasteiger partial charge is 0.223 e. The van der Waals surface area contributed by atoms with E-state index in [1.54, 1.807) is 0 Å². The number of nitrogens with zero attached hydrogens (tertiary/aromatic N) is 2. The number of aromatic nitrogens is 2.